The van der Waals surface area contributed by atoms with Crippen LogP contribution in [0.5, 0.6) is 17.4 Å². The molecule has 1 heterocycles. The van der Waals surface area contributed by atoms with E-state index >= 15 is 0 Å². The number of hydrogen-bond donors (Lipinski definition) is 2. The smallest absolute Gasteiger partial charge is 0.219 e. The summed E-state index contributed by atoms with van der Waals surface area (Å²) in [5.74, 6) is 3.64. The minimum atomic E-state index is 0. The highest BCUT2D eigenvalue weighted by Gasteiger charge is 2.20. The summed E-state index contributed by atoms with van der Waals surface area (Å²) in [6, 6.07) is 11.3. The maximum absolute atomic E-state index is 5.75. The van der Waals surface area contributed by atoms with Crippen LogP contribution in [-0.2, 0) is 6.54 Å². The summed E-state index contributed by atoms with van der Waals surface area (Å²) in [7, 11) is 3.41. The molecule has 3 rings (SSSR count). The van der Waals surface area contributed by atoms with E-state index in [2.05, 4.69) is 20.6 Å². The Morgan fingerprint density at radius 1 is 1.19 bits per heavy atom. The third kappa shape index (κ3) is 6.36. The lowest BCUT2D eigenvalue weighted by atomic mass is 10.3. The van der Waals surface area contributed by atoms with E-state index in [9.17, 15) is 0 Å². The normalized spacial score (nSPS) is 13.5. The van der Waals surface area contributed by atoms with Gasteiger partial charge in [0.1, 0.15) is 11.5 Å². The van der Waals surface area contributed by atoms with E-state index in [1.54, 1.807) is 20.4 Å². The molecule has 7 heteroatoms. The molecule has 0 spiro atoms. The molecule has 2 aromatic rings. The van der Waals surface area contributed by atoms with Gasteiger partial charge in [-0.25, -0.2) is 4.98 Å². The molecule has 0 atom stereocenters. The van der Waals surface area contributed by atoms with Crippen molar-refractivity contribution in [1.29, 1.82) is 0 Å². The molecule has 1 aliphatic carbocycles. The maximum Gasteiger partial charge on any atom is 0.219 e. The van der Waals surface area contributed by atoms with E-state index in [4.69, 9.17) is 9.47 Å². The highest BCUT2D eigenvalue weighted by atomic mass is 127. The van der Waals surface area contributed by atoms with Gasteiger partial charge >= 0.3 is 0 Å². The lowest BCUT2D eigenvalue weighted by Crippen LogP contribution is -2.37. The predicted octanol–water partition coefficient (Wildman–Crippen LogP) is 3.58. The van der Waals surface area contributed by atoms with Crippen molar-refractivity contribution in [3.63, 3.8) is 0 Å². The Labute approximate surface area is 171 Å². The van der Waals surface area contributed by atoms with Crippen LogP contribution in [0.4, 0.5) is 0 Å². The van der Waals surface area contributed by atoms with Crippen molar-refractivity contribution in [2.24, 2.45) is 10.9 Å². The molecule has 1 aromatic carbocycles. The van der Waals surface area contributed by atoms with E-state index in [-0.39, 0.29) is 24.0 Å². The first-order valence-electron chi connectivity index (χ1n) is 8.48. The topological polar surface area (TPSA) is 67.8 Å². The average Bonchev–Trinajstić information content (AvgIpc) is 3.48. The van der Waals surface area contributed by atoms with E-state index < -0.39 is 0 Å². The summed E-state index contributed by atoms with van der Waals surface area (Å²) in [4.78, 5) is 8.58. The van der Waals surface area contributed by atoms with E-state index in [1.807, 2.05) is 36.4 Å². The number of rotatable bonds is 7. The average molecular weight is 468 g/mol. The van der Waals surface area contributed by atoms with Crippen LogP contribution in [0.15, 0.2) is 47.6 Å². The van der Waals surface area contributed by atoms with Gasteiger partial charge in [0.05, 0.1) is 7.11 Å². The fraction of sp³-hybridized carbons (Fsp3) is 0.368. The number of ether oxygens (including phenoxy) is 2. The van der Waals surface area contributed by atoms with Crippen molar-refractivity contribution in [3.05, 3.63) is 48.2 Å². The van der Waals surface area contributed by atoms with Crippen molar-refractivity contribution >= 4 is 29.9 Å². The van der Waals surface area contributed by atoms with Crippen molar-refractivity contribution in [1.82, 2.24) is 15.6 Å². The number of pyridine rings is 1. The fourth-order valence-corrected chi connectivity index (χ4v) is 2.33. The number of nitrogens with one attached hydrogen (secondary N) is 2. The largest absolute Gasteiger partial charge is 0.497 e. The molecule has 0 saturated heterocycles. The molecule has 1 aromatic heterocycles. The summed E-state index contributed by atoms with van der Waals surface area (Å²) in [6.45, 7) is 1.65. The number of guanidine groups is 1. The quantitative estimate of drug-likeness (QED) is 0.370. The zero-order valence-electron chi connectivity index (χ0n) is 15.1. The van der Waals surface area contributed by atoms with Crippen LogP contribution in [0.25, 0.3) is 0 Å². The fourth-order valence-electron chi connectivity index (χ4n) is 2.33. The molecular weight excluding hydrogens is 443 g/mol. The first-order valence-corrected chi connectivity index (χ1v) is 8.48. The molecule has 6 nitrogen and oxygen atoms in total. The molecule has 1 aliphatic rings. The molecule has 2 N–H and O–H groups in total. The molecular formula is C19H25IN4O2. The van der Waals surface area contributed by atoms with Gasteiger partial charge in [-0.05, 0) is 36.5 Å². The summed E-state index contributed by atoms with van der Waals surface area (Å²) >= 11 is 0. The Morgan fingerprint density at radius 2 is 2.00 bits per heavy atom. The molecule has 0 unspecified atom stereocenters. The van der Waals surface area contributed by atoms with Crippen molar-refractivity contribution < 1.29 is 9.47 Å². The number of halogens is 1. The monoisotopic (exact) mass is 468 g/mol. The van der Waals surface area contributed by atoms with E-state index in [1.165, 1.54) is 12.8 Å². The van der Waals surface area contributed by atoms with Crippen LogP contribution >= 0.6 is 24.0 Å². The number of hydrogen-bond acceptors (Lipinski definition) is 4. The molecule has 1 fully saturated rings. The number of aliphatic imine (C=N–C) groups is 1. The second kappa shape index (κ2) is 10.2. The standard InChI is InChI=1S/C19H24N4O2.HI/c1-20-19(22-11-14-6-7-14)23-13-15-8-9-18(21-12-15)25-17-5-3-4-16(10-17)24-2;/h3-5,8-10,12,14H,6-7,11,13H2,1-2H3,(H2,20,22,23);1H. The van der Waals surface area contributed by atoms with Gasteiger partial charge in [0, 0.05) is 38.5 Å². The number of aromatic nitrogens is 1. The van der Waals surface area contributed by atoms with Crippen LogP contribution in [0, 0.1) is 5.92 Å². The third-order valence-corrected chi connectivity index (χ3v) is 4.00. The molecule has 0 radical (unpaired) electrons. The summed E-state index contributed by atoms with van der Waals surface area (Å²) < 4.78 is 10.9. The Hall–Kier alpha value is -2.03. The highest BCUT2D eigenvalue weighted by Crippen LogP contribution is 2.27. The highest BCUT2D eigenvalue weighted by molar-refractivity contribution is 14.0. The van der Waals surface area contributed by atoms with Gasteiger partial charge < -0.3 is 20.1 Å². The number of nitrogens with zero attached hydrogens (tertiary/aromatic N) is 2. The SMILES string of the molecule is CN=C(NCc1ccc(Oc2cccc(OC)c2)nc1)NCC1CC1.I. The Morgan fingerprint density at radius 3 is 2.65 bits per heavy atom. The second-order valence-electron chi connectivity index (χ2n) is 6.04. The molecule has 0 aliphatic heterocycles. The second-order valence-corrected chi connectivity index (χ2v) is 6.04. The lowest BCUT2D eigenvalue weighted by molar-refractivity contribution is 0.407. The lowest BCUT2D eigenvalue weighted by Gasteiger charge is -2.11. The van der Waals surface area contributed by atoms with Gasteiger partial charge in [0.25, 0.3) is 0 Å². The van der Waals surface area contributed by atoms with Crippen molar-refractivity contribution in [2.45, 2.75) is 19.4 Å². The molecule has 26 heavy (non-hydrogen) atoms. The van der Waals surface area contributed by atoms with Crippen LogP contribution in [0.1, 0.15) is 18.4 Å². The van der Waals surface area contributed by atoms with Gasteiger partial charge in [0.2, 0.25) is 5.88 Å². The molecule has 140 valence electrons. The molecule has 0 bridgehead atoms. The van der Waals surface area contributed by atoms with E-state index in [0.717, 1.165) is 29.7 Å². The molecule has 1 saturated carbocycles. The first kappa shape index (κ1) is 20.3. The van der Waals surface area contributed by atoms with Gasteiger partial charge in [0.15, 0.2) is 5.96 Å². The Balaban J connectivity index is 0.00000243. The van der Waals surface area contributed by atoms with Crippen LogP contribution in [-0.4, -0.2) is 31.6 Å². The van der Waals surface area contributed by atoms with E-state index in [0.29, 0.717) is 18.2 Å². The van der Waals surface area contributed by atoms with Crippen LogP contribution in [0.2, 0.25) is 0 Å². The van der Waals surface area contributed by atoms with Gasteiger partial charge in [-0.15, -0.1) is 24.0 Å². The summed E-state index contributed by atoms with van der Waals surface area (Å²) in [6.07, 6.45) is 4.45. The summed E-state index contributed by atoms with van der Waals surface area (Å²) in [5.41, 5.74) is 1.06. The minimum absolute atomic E-state index is 0. The number of methoxy groups -OCH3 is 1. The first-order chi connectivity index (χ1) is 12.3. The van der Waals surface area contributed by atoms with Gasteiger partial charge in [-0.2, -0.15) is 0 Å². The number of benzene rings is 1. The zero-order valence-corrected chi connectivity index (χ0v) is 17.4. The maximum atomic E-state index is 5.75. The van der Waals surface area contributed by atoms with Crippen molar-refractivity contribution in [3.8, 4) is 17.4 Å². The minimum Gasteiger partial charge on any atom is -0.497 e. The zero-order chi connectivity index (χ0) is 17.5. The Kier molecular flexibility index (Phi) is 7.96. The predicted molar refractivity (Wildman–Crippen MR) is 114 cm³/mol. The van der Waals surface area contributed by atoms with Crippen LogP contribution < -0.4 is 20.1 Å². The van der Waals surface area contributed by atoms with Gasteiger partial charge in [-0.3, -0.25) is 4.99 Å². The van der Waals surface area contributed by atoms with Gasteiger partial charge in [-0.1, -0.05) is 12.1 Å². The third-order valence-electron chi connectivity index (χ3n) is 4.00. The Bertz CT molecular complexity index is 718. The summed E-state index contributed by atoms with van der Waals surface area (Å²) in [5, 5.41) is 6.63. The molecule has 0 amide bonds. The van der Waals surface area contributed by atoms with Crippen molar-refractivity contribution in [2.75, 3.05) is 20.7 Å². The van der Waals surface area contributed by atoms with Crippen LogP contribution in [0.3, 0.4) is 0 Å².